The van der Waals surface area contributed by atoms with Gasteiger partial charge in [-0.2, -0.15) is 4.98 Å². The number of fused-ring (bicyclic) bond motifs is 1. The fourth-order valence-electron chi connectivity index (χ4n) is 3.69. The van der Waals surface area contributed by atoms with Gasteiger partial charge in [-0.1, -0.05) is 0 Å². The minimum atomic E-state index is -4.91. The van der Waals surface area contributed by atoms with E-state index in [0.29, 0.717) is 22.9 Å². The van der Waals surface area contributed by atoms with E-state index >= 15 is 0 Å². The molecule has 19 heteroatoms. The summed E-state index contributed by atoms with van der Waals surface area (Å²) in [5.41, 5.74) is -0.911. The Bertz CT molecular complexity index is 1470. The van der Waals surface area contributed by atoms with Crippen LogP contribution in [0.4, 0.5) is 33.5 Å². The number of phosphoric acid groups is 1. The number of nitrogens with one attached hydrogen (secondary N) is 2. The van der Waals surface area contributed by atoms with Crippen molar-refractivity contribution in [3.8, 4) is 23.0 Å². The van der Waals surface area contributed by atoms with E-state index in [2.05, 4.69) is 30.1 Å². The molecule has 0 unspecified atom stereocenters. The Hall–Kier alpha value is -2.24. The zero-order chi connectivity index (χ0) is 29.2. The summed E-state index contributed by atoms with van der Waals surface area (Å²) >= 11 is 0. The molecule has 3 heterocycles. The zero-order valence-electron chi connectivity index (χ0n) is 24.0. The first-order valence-corrected chi connectivity index (χ1v) is 13.0. The molecule has 2 aromatic heterocycles. The maximum Gasteiger partial charge on any atom is 0.471 e. The van der Waals surface area contributed by atoms with Gasteiger partial charge in [0.1, 0.15) is 12.5 Å². The van der Waals surface area contributed by atoms with Crippen LogP contribution in [0.5, 0.6) is 23.0 Å². The molecule has 4 N–H and O–H groups in total. The molecular formula is C23H26FN6Na2O9P. The van der Waals surface area contributed by atoms with Gasteiger partial charge in [0, 0.05) is 76.9 Å². The third kappa shape index (κ3) is 8.23. The predicted octanol–water partition coefficient (Wildman–Crippen LogP) is 2.33. The Morgan fingerprint density at radius 2 is 1.69 bits per heavy atom. The van der Waals surface area contributed by atoms with E-state index in [1.54, 1.807) is 12.1 Å². The molecule has 4 rings (SSSR count). The third-order valence-corrected chi connectivity index (χ3v) is 5.94. The van der Waals surface area contributed by atoms with Crippen molar-refractivity contribution < 1.29 is 47.0 Å². The van der Waals surface area contributed by atoms with Crippen molar-refractivity contribution in [3.63, 3.8) is 0 Å². The molecule has 216 valence electrons. The molecule has 0 saturated carbocycles. The van der Waals surface area contributed by atoms with Gasteiger partial charge in [0.25, 0.3) is 5.91 Å². The minimum Gasteiger partial charge on any atom is -0.493 e. The topological polar surface area (TPSA) is 187 Å². The number of carbonyl (C=O) groups is 1. The Morgan fingerprint density at radius 3 is 2.26 bits per heavy atom. The number of halogens is 1. The Balaban J connectivity index is 0.00000308. The number of phosphoric ester groups is 1. The molecule has 0 saturated heterocycles. The van der Waals surface area contributed by atoms with Crippen molar-refractivity contribution in [1.82, 2.24) is 15.0 Å². The molecule has 1 aromatic carbocycles. The van der Waals surface area contributed by atoms with E-state index in [1.165, 1.54) is 47.3 Å². The number of rotatable bonds is 10. The van der Waals surface area contributed by atoms with Crippen LogP contribution in [0.15, 0.2) is 30.5 Å². The number of hydrogen-bond acceptors (Lipinski definition) is 12. The molecule has 1 amide bonds. The second kappa shape index (κ2) is 14.5. The maximum absolute atomic E-state index is 14.7. The molecule has 0 aliphatic carbocycles. The van der Waals surface area contributed by atoms with Crippen molar-refractivity contribution in [1.29, 1.82) is 0 Å². The predicted molar refractivity (Wildman–Crippen MR) is 151 cm³/mol. The number of ether oxygens (including phenoxy) is 4. The van der Waals surface area contributed by atoms with Crippen molar-refractivity contribution in [2.75, 3.05) is 43.6 Å². The van der Waals surface area contributed by atoms with E-state index in [1.807, 2.05) is 0 Å². The van der Waals surface area contributed by atoms with Crippen LogP contribution < -0.4 is 34.5 Å². The van der Waals surface area contributed by atoms with Crippen LogP contribution in [0.1, 0.15) is 13.8 Å². The summed E-state index contributed by atoms with van der Waals surface area (Å²) in [6, 6.07) is 6.12. The summed E-state index contributed by atoms with van der Waals surface area (Å²) < 4.78 is 52.1. The van der Waals surface area contributed by atoms with Crippen molar-refractivity contribution >= 4 is 102 Å². The summed E-state index contributed by atoms with van der Waals surface area (Å²) in [6.45, 7) is 2.16. The fourth-order valence-corrected chi connectivity index (χ4v) is 3.96. The number of pyridine rings is 1. The first-order valence-electron chi connectivity index (χ1n) is 11.4. The Labute approximate surface area is 284 Å². The minimum absolute atomic E-state index is 0. The smallest absolute Gasteiger partial charge is 0.471 e. The fraction of sp³-hybridized carbons (Fsp3) is 0.304. The zero-order valence-corrected chi connectivity index (χ0v) is 28.9. The molecular weight excluding hydrogens is 600 g/mol. The first kappa shape index (κ1) is 36.0. The van der Waals surface area contributed by atoms with Crippen LogP contribution in [0, 0.1) is 5.82 Å². The van der Waals surface area contributed by atoms with Crippen LogP contribution in [-0.2, 0) is 13.9 Å². The number of carbonyl (C=O) groups excluding carboxylic acids is 1. The number of amides is 1. The number of aromatic nitrogens is 3. The summed E-state index contributed by atoms with van der Waals surface area (Å²) in [7, 11) is -0.521. The maximum atomic E-state index is 14.7. The normalized spacial score (nSPS) is 13.5. The second-order valence-electron chi connectivity index (χ2n) is 8.67. The summed E-state index contributed by atoms with van der Waals surface area (Å²) in [5, 5.41) is 5.64. The molecule has 0 bridgehead atoms. The van der Waals surface area contributed by atoms with Crippen LogP contribution in [0.25, 0.3) is 0 Å². The van der Waals surface area contributed by atoms with Gasteiger partial charge in [-0.25, -0.2) is 18.9 Å². The molecule has 0 atom stereocenters. The van der Waals surface area contributed by atoms with Crippen molar-refractivity contribution in [2.45, 2.75) is 19.4 Å². The molecule has 15 nitrogen and oxygen atoms in total. The van der Waals surface area contributed by atoms with Crippen molar-refractivity contribution in [3.05, 3.63) is 36.3 Å². The van der Waals surface area contributed by atoms with Crippen LogP contribution >= 0.6 is 7.82 Å². The second-order valence-corrected chi connectivity index (χ2v) is 9.91. The number of methoxy groups -OCH3 is 3. The summed E-state index contributed by atoms with van der Waals surface area (Å²) in [4.78, 5) is 44.4. The molecule has 1 aliphatic rings. The van der Waals surface area contributed by atoms with Gasteiger partial charge in [-0.3, -0.25) is 14.2 Å². The van der Waals surface area contributed by atoms with Crippen molar-refractivity contribution in [2.24, 2.45) is 0 Å². The van der Waals surface area contributed by atoms with Gasteiger partial charge in [0.15, 0.2) is 40.3 Å². The molecule has 1 aliphatic heterocycles. The first-order chi connectivity index (χ1) is 18.8. The van der Waals surface area contributed by atoms with Crippen LogP contribution in [0.2, 0.25) is 0 Å². The number of hydrogen-bond donors (Lipinski definition) is 4. The van der Waals surface area contributed by atoms with Gasteiger partial charge >= 0.3 is 7.82 Å². The number of benzene rings is 1. The SMILES string of the molecule is COc1cc(Nc2ncc(F)c(Nc3ccc4c(n3)N(COP(=O)(O)O)C(=O)C(C)(C)O4)n2)cc(OC)c1OC.[Na].[Na]. The molecule has 0 fully saturated rings. The standard InChI is InChI=1S/C23H26FN6O9P.2Na/c1-23(2)21(31)30(11-38-40(32,33)34)20-14(39-23)6-7-17(28-20)27-19-13(24)10-25-22(29-19)26-12-8-15(35-3)18(37-5)16(9-12)36-4;;/h6-10H,11H2,1-5H3,(H2,32,33,34)(H2,25,26,27,28,29);;. The number of anilines is 5. The van der Waals surface area contributed by atoms with Crippen LogP contribution in [0.3, 0.4) is 0 Å². The van der Waals surface area contributed by atoms with Gasteiger partial charge in [-0.15, -0.1) is 0 Å². The summed E-state index contributed by atoms with van der Waals surface area (Å²) in [6.07, 6.45) is 0.934. The van der Waals surface area contributed by atoms with E-state index in [4.69, 9.17) is 28.7 Å². The molecule has 3 aromatic rings. The molecule has 42 heavy (non-hydrogen) atoms. The monoisotopic (exact) mass is 626 g/mol. The quantitative estimate of drug-likeness (QED) is 0.190. The average Bonchev–Trinajstić information content (AvgIpc) is 2.89. The number of nitrogens with zero attached hydrogens (tertiary/aromatic N) is 4. The van der Waals surface area contributed by atoms with E-state index < -0.39 is 31.9 Å². The van der Waals surface area contributed by atoms with Gasteiger partial charge < -0.3 is 39.4 Å². The molecule has 0 spiro atoms. The molecule has 2 radical (unpaired) electrons. The third-order valence-electron chi connectivity index (χ3n) is 5.49. The van der Waals surface area contributed by atoms with Gasteiger partial charge in [0.05, 0.1) is 27.5 Å². The van der Waals surface area contributed by atoms with Gasteiger partial charge in [-0.05, 0) is 26.0 Å². The largest absolute Gasteiger partial charge is 0.493 e. The van der Waals surface area contributed by atoms with E-state index in [0.717, 1.165) is 11.1 Å². The van der Waals surface area contributed by atoms with Gasteiger partial charge in [0.2, 0.25) is 11.7 Å². The van der Waals surface area contributed by atoms with E-state index in [9.17, 15) is 13.8 Å². The van der Waals surface area contributed by atoms with Crippen LogP contribution in [-0.4, -0.2) is 123 Å². The summed E-state index contributed by atoms with van der Waals surface area (Å²) in [5.74, 6) is -0.550. The Kier molecular flexibility index (Phi) is 12.4. The Morgan fingerprint density at radius 1 is 1.05 bits per heavy atom. The van der Waals surface area contributed by atoms with E-state index in [-0.39, 0.29) is 88.3 Å². The average molecular weight is 626 g/mol.